The van der Waals surface area contributed by atoms with Crippen LogP contribution < -0.4 is 5.32 Å². The standard InChI is InChI=1S/C16H27N3S/c1-4-19-10-8-16(9-11-19,18-12(2)3)15-17-13-6-5-7-14(13)20-15/h12,18H,4-11H2,1-3H3. The summed E-state index contributed by atoms with van der Waals surface area (Å²) in [6, 6.07) is 0.516. The maximum Gasteiger partial charge on any atom is 0.113 e. The topological polar surface area (TPSA) is 28.2 Å². The Morgan fingerprint density at radius 2 is 2.05 bits per heavy atom. The molecule has 20 heavy (non-hydrogen) atoms. The van der Waals surface area contributed by atoms with Crippen LogP contribution in [0.4, 0.5) is 0 Å². The molecule has 3 rings (SSSR count). The van der Waals surface area contributed by atoms with E-state index in [1.807, 2.05) is 11.3 Å². The van der Waals surface area contributed by atoms with Crippen molar-refractivity contribution < 1.29 is 0 Å². The Morgan fingerprint density at radius 1 is 1.30 bits per heavy atom. The molecule has 0 amide bonds. The predicted molar refractivity (Wildman–Crippen MR) is 85.4 cm³/mol. The van der Waals surface area contributed by atoms with Crippen LogP contribution in [0.1, 0.15) is 55.6 Å². The average molecular weight is 293 g/mol. The van der Waals surface area contributed by atoms with E-state index in [0.717, 1.165) is 0 Å². The number of nitrogens with one attached hydrogen (secondary N) is 1. The molecule has 3 nitrogen and oxygen atoms in total. The fraction of sp³-hybridized carbons (Fsp3) is 0.812. The Morgan fingerprint density at radius 3 is 2.65 bits per heavy atom. The summed E-state index contributed by atoms with van der Waals surface area (Å²) in [6.07, 6.45) is 6.16. The Balaban J connectivity index is 1.85. The van der Waals surface area contributed by atoms with Gasteiger partial charge in [-0.25, -0.2) is 4.98 Å². The third-order valence-electron chi connectivity index (χ3n) is 4.73. The van der Waals surface area contributed by atoms with Crippen LogP contribution in [0.2, 0.25) is 0 Å². The number of hydrogen-bond acceptors (Lipinski definition) is 4. The van der Waals surface area contributed by atoms with Gasteiger partial charge in [0.2, 0.25) is 0 Å². The van der Waals surface area contributed by atoms with Crippen molar-refractivity contribution in [3.05, 3.63) is 15.6 Å². The van der Waals surface area contributed by atoms with Crippen LogP contribution in [0.3, 0.4) is 0 Å². The molecule has 1 aliphatic heterocycles. The third kappa shape index (κ3) is 2.66. The van der Waals surface area contributed by atoms with Crippen molar-refractivity contribution in [2.45, 2.75) is 64.5 Å². The molecule has 0 saturated carbocycles. The summed E-state index contributed by atoms with van der Waals surface area (Å²) in [5.74, 6) is 0. The van der Waals surface area contributed by atoms with Crippen molar-refractivity contribution in [3.8, 4) is 0 Å². The minimum absolute atomic E-state index is 0.134. The zero-order valence-electron chi connectivity index (χ0n) is 13.0. The average Bonchev–Trinajstić information content (AvgIpc) is 2.99. The summed E-state index contributed by atoms with van der Waals surface area (Å²) in [6.45, 7) is 10.3. The first kappa shape index (κ1) is 14.5. The minimum atomic E-state index is 0.134. The van der Waals surface area contributed by atoms with Gasteiger partial charge in [-0.1, -0.05) is 6.92 Å². The normalized spacial score (nSPS) is 22.4. The minimum Gasteiger partial charge on any atom is -0.303 e. The number of hydrogen-bond donors (Lipinski definition) is 1. The quantitative estimate of drug-likeness (QED) is 0.925. The fourth-order valence-electron chi connectivity index (χ4n) is 3.62. The SMILES string of the molecule is CCN1CCC(NC(C)C)(c2nc3c(s2)CCC3)CC1. The fourth-order valence-corrected chi connectivity index (χ4v) is 4.98. The molecule has 0 bridgehead atoms. The Kier molecular flexibility index (Phi) is 4.16. The summed E-state index contributed by atoms with van der Waals surface area (Å²) in [5.41, 5.74) is 1.53. The molecule has 112 valence electrons. The maximum atomic E-state index is 5.03. The number of thiazole rings is 1. The van der Waals surface area contributed by atoms with E-state index in [4.69, 9.17) is 4.98 Å². The molecule has 1 aliphatic carbocycles. The number of likely N-dealkylation sites (tertiary alicyclic amines) is 1. The number of rotatable bonds is 4. The number of aromatic nitrogens is 1. The Hall–Kier alpha value is -0.450. The molecule has 1 aromatic rings. The first-order valence-corrected chi connectivity index (χ1v) is 8.94. The van der Waals surface area contributed by atoms with Crippen molar-refractivity contribution >= 4 is 11.3 Å². The number of nitrogens with zero attached hydrogens (tertiary/aromatic N) is 2. The summed E-state index contributed by atoms with van der Waals surface area (Å²) in [5, 5.41) is 5.23. The van der Waals surface area contributed by atoms with Gasteiger partial charge < -0.3 is 10.2 Å². The molecule has 2 heterocycles. The highest BCUT2D eigenvalue weighted by Crippen LogP contribution is 2.39. The molecule has 1 N–H and O–H groups in total. The van der Waals surface area contributed by atoms with E-state index in [-0.39, 0.29) is 5.54 Å². The maximum absolute atomic E-state index is 5.03. The molecule has 0 radical (unpaired) electrons. The Labute approximate surface area is 126 Å². The molecule has 4 heteroatoms. The molecular formula is C16H27N3S. The van der Waals surface area contributed by atoms with Gasteiger partial charge in [0, 0.05) is 24.0 Å². The second-order valence-corrected chi connectivity index (χ2v) is 7.64. The van der Waals surface area contributed by atoms with Gasteiger partial charge in [-0.3, -0.25) is 0 Å². The second kappa shape index (κ2) is 5.74. The highest BCUT2D eigenvalue weighted by atomic mass is 32.1. The van der Waals surface area contributed by atoms with Crippen LogP contribution in [0.5, 0.6) is 0 Å². The molecule has 0 aromatic carbocycles. The smallest absolute Gasteiger partial charge is 0.113 e. The van der Waals surface area contributed by atoms with E-state index in [2.05, 4.69) is 31.0 Å². The molecule has 1 fully saturated rings. The largest absolute Gasteiger partial charge is 0.303 e. The van der Waals surface area contributed by atoms with E-state index in [1.54, 1.807) is 4.88 Å². The van der Waals surface area contributed by atoms with Gasteiger partial charge >= 0.3 is 0 Å². The highest BCUT2D eigenvalue weighted by Gasteiger charge is 2.39. The van der Waals surface area contributed by atoms with Crippen molar-refractivity contribution in [1.82, 2.24) is 15.2 Å². The van der Waals surface area contributed by atoms with E-state index in [0.29, 0.717) is 6.04 Å². The van der Waals surface area contributed by atoms with Gasteiger partial charge in [0.25, 0.3) is 0 Å². The van der Waals surface area contributed by atoms with Crippen LogP contribution in [-0.2, 0) is 18.4 Å². The molecule has 1 aromatic heterocycles. The van der Waals surface area contributed by atoms with Crippen molar-refractivity contribution in [3.63, 3.8) is 0 Å². The number of aryl methyl sites for hydroxylation is 2. The zero-order chi connectivity index (χ0) is 14.2. The van der Waals surface area contributed by atoms with Gasteiger partial charge in [0.1, 0.15) is 5.01 Å². The summed E-state index contributed by atoms with van der Waals surface area (Å²) < 4.78 is 0. The summed E-state index contributed by atoms with van der Waals surface area (Å²) in [7, 11) is 0. The van der Waals surface area contributed by atoms with Crippen molar-refractivity contribution in [1.29, 1.82) is 0 Å². The van der Waals surface area contributed by atoms with E-state index >= 15 is 0 Å². The van der Waals surface area contributed by atoms with Gasteiger partial charge in [-0.15, -0.1) is 11.3 Å². The molecule has 0 unspecified atom stereocenters. The molecule has 2 aliphatic rings. The van der Waals surface area contributed by atoms with Crippen LogP contribution in [0.25, 0.3) is 0 Å². The van der Waals surface area contributed by atoms with Crippen LogP contribution in [-0.4, -0.2) is 35.6 Å². The van der Waals surface area contributed by atoms with Gasteiger partial charge in [-0.2, -0.15) is 0 Å². The molecule has 0 spiro atoms. The van der Waals surface area contributed by atoms with Crippen molar-refractivity contribution in [2.24, 2.45) is 0 Å². The predicted octanol–water partition coefficient (Wildman–Crippen LogP) is 2.94. The molecule has 1 saturated heterocycles. The first-order valence-electron chi connectivity index (χ1n) is 8.12. The van der Waals surface area contributed by atoms with Crippen LogP contribution in [0.15, 0.2) is 0 Å². The van der Waals surface area contributed by atoms with E-state index in [9.17, 15) is 0 Å². The number of piperidine rings is 1. The van der Waals surface area contributed by atoms with Gasteiger partial charge in [-0.05, 0) is 52.5 Å². The van der Waals surface area contributed by atoms with Gasteiger partial charge in [0.15, 0.2) is 0 Å². The lowest BCUT2D eigenvalue weighted by atomic mass is 9.87. The Bertz CT molecular complexity index is 437. The van der Waals surface area contributed by atoms with Crippen LogP contribution >= 0.6 is 11.3 Å². The summed E-state index contributed by atoms with van der Waals surface area (Å²) in [4.78, 5) is 9.14. The molecular weight excluding hydrogens is 266 g/mol. The second-order valence-electron chi connectivity index (χ2n) is 6.56. The van der Waals surface area contributed by atoms with E-state index in [1.165, 1.54) is 62.4 Å². The molecule has 0 atom stereocenters. The number of fused-ring (bicyclic) bond motifs is 1. The van der Waals surface area contributed by atoms with Crippen LogP contribution in [0, 0.1) is 0 Å². The first-order chi connectivity index (χ1) is 9.63. The van der Waals surface area contributed by atoms with Crippen molar-refractivity contribution in [2.75, 3.05) is 19.6 Å². The third-order valence-corrected chi connectivity index (χ3v) is 6.09. The van der Waals surface area contributed by atoms with E-state index < -0.39 is 0 Å². The summed E-state index contributed by atoms with van der Waals surface area (Å²) >= 11 is 1.99. The zero-order valence-corrected chi connectivity index (χ0v) is 13.9. The lowest BCUT2D eigenvalue weighted by Crippen LogP contribution is -2.53. The lowest BCUT2D eigenvalue weighted by molar-refractivity contribution is 0.131. The highest BCUT2D eigenvalue weighted by molar-refractivity contribution is 7.12. The monoisotopic (exact) mass is 293 g/mol. The lowest BCUT2D eigenvalue weighted by Gasteiger charge is -2.42. The van der Waals surface area contributed by atoms with Gasteiger partial charge in [0.05, 0.1) is 11.2 Å².